The van der Waals surface area contributed by atoms with Gasteiger partial charge in [-0.15, -0.1) is 0 Å². The molecule has 6 nitrogen and oxygen atoms in total. The summed E-state index contributed by atoms with van der Waals surface area (Å²) in [5, 5.41) is -3.75. The summed E-state index contributed by atoms with van der Waals surface area (Å²) in [6, 6.07) is 5.68. The van der Waals surface area contributed by atoms with Crippen molar-refractivity contribution in [2.45, 2.75) is 48.1 Å². The van der Waals surface area contributed by atoms with Crippen molar-refractivity contribution in [3.05, 3.63) is 35.9 Å². The number of sulfone groups is 1. The SMILES string of the molecule is O=S(=O)(ON=C(c1ccccc1)C(F)(F)S(=O)(=O)C1CCCCC1)C(F)(F)F. The average Bonchev–Trinajstić information content (AvgIpc) is 2.62. The molecular formula is C15H16F5NO5S2. The Morgan fingerprint density at radius 3 is 1.96 bits per heavy atom. The van der Waals surface area contributed by atoms with Gasteiger partial charge in [0.1, 0.15) is 0 Å². The number of halogens is 5. The van der Waals surface area contributed by atoms with Gasteiger partial charge in [0.2, 0.25) is 9.84 Å². The molecule has 0 atom stereocenters. The van der Waals surface area contributed by atoms with E-state index in [9.17, 15) is 38.8 Å². The lowest BCUT2D eigenvalue weighted by Gasteiger charge is -2.27. The van der Waals surface area contributed by atoms with Gasteiger partial charge < -0.3 is 0 Å². The Morgan fingerprint density at radius 1 is 0.929 bits per heavy atom. The van der Waals surface area contributed by atoms with Crippen LogP contribution in [0.3, 0.4) is 0 Å². The molecule has 1 aromatic rings. The number of benzene rings is 1. The highest BCUT2D eigenvalue weighted by Crippen LogP contribution is 2.37. The van der Waals surface area contributed by atoms with Crippen molar-refractivity contribution in [1.29, 1.82) is 0 Å². The molecule has 13 heteroatoms. The molecule has 0 saturated heterocycles. The third-order valence-electron chi connectivity index (χ3n) is 4.18. The summed E-state index contributed by atoms with van der Waals surface area (Å²) in [5.41, 5.74) is -8.24. The molecule has 0 unspecified atom stereocenters. The fourth-order valence-corrected chi connectivity index (χ4v) is 4.77. The number of hydrogen-bond acceptors (Lipinski definition) is 6. The Balaban J connectivity index is 2.54. The van der Waals surface area contributed by atoms with Gasteiger partial charge in [-0.2, -0.15) is 30.4 Å². The van der Waals surface area contributed by atoms with Crippen molar-refractivity contribution in [2.75, 3.05) is 0 Å². The van der Waals surface area contributed by atoms with E-state index in [-0.39, 0.29) is 12.8 Å². The van der Waals surface area contributed by atoms with E-state index in [1.54, 1.807) is 0 Å². The number of rotatable bonds is 6. The highest BCUT2D eigenvalue weighted by molar-refractivity contribution is 7.93. The average molecular weight is 449 g/mol. The highest BCUT2D eigenvalue weighted by Gasteiger charge is 2.55. The molecule has 0 spiro atoms. The molecule has 0 amide bonds. The van der Waals surface area contributed by atoms with E-state index in [1.807, 2.05) is 0 Å². The molecular weight excluding hydrogens is 433 g/mol. The van der Waals surface area contributed by atoms with Gasteiger partial charge in [-0.3, -0.25) is 4.28 Å². The first-order valence-corrected chi connectivity index (χ1v) is 11.0. The van der Waals surface area contributed by atoms with Crippen LogP contribution in [-0.4, -0.2) is 38.6 Å². The Labute approximate surface area is 158 Å². The lowest BCUT2D eigenvalue weighted by atomic mass is 10.0. The van der Waals surface area contributed by atoms with Crippen LogP contribution < -0.4 is 0 Å². The number of nitrogens with zero attached hydrogens (tertiary/aromatic N) is 1. The zero-order valence-electron chi connectivity index (χ0n) is 14.2. The number of alkyl halides is 5. The summed E-state index contributed by atoms with van der Waals surface area (Å²) in [7, 11) is -11.6. The van der Waals surface area contributed by atoms with Crippen molar-refractivity contribution in [2.24, 2.45) is 5.16 Å². The normalized spacial score (nSPS) is 18.1. The van der Waals surface area contributed by atoms with Crippen LogP contribution >= 0.6 is 0 Å². The monoisotopic (exact) mass is 449 g/mol. The van der Waals surface area contributed by atoms with Crippen LogP contribution in [0.4, 0.5) is 22.0 Å². The second-order valence-electron chi connectivity index (χ2n) is 6.10. The maximum Gasteiger partial charge on any atom is 0.536 e. The third kappa shape index (κ3) is 4.45. The van der Waals surface area contributed by atoms with Gasteiger partial charge in [0.15, 0.2) is 5.71 Å². The summed E-state index contributed by atoms with van der Waals surface area (Å²) >= 11 is 0. The molecule has 1 aliphatic carbocycles. The van der Waals surface area contributed by atoms with E-state index in [0.29, 0.717) is 19.3 Å². The molecule has 0 radical (unpaired) electrons. The summed E-state index contributed by atoms with van der Waals surface area (Å²) in [6.45, 7) is 0. The smallest absolute Gasteiger partial charge is 0.261 e. The first-order chi connectivity index (χ1) is 12.8. The van der Waals surface area contributed by atoms with Gasteiger partial charge in [0, 0.05) is 5.56 Å². The lowest BCUT2D eigenvalue weighted by molar-refractivity contribution is -0.0542. The van der Waals surface area contributed by atoms with Gasteiger partial charge in [-0.1, -0.05) is 54.8 Å². The van der Waals surface area contributed by atoms with Crippen LogP contribution in [0.15, 0.2) is 35.5 Å². The van der Waals surface area contributed by atoms with Crippen LogP contribution in [0.5, 0.6) is 0 Å². The molecule has 0 bridgehead atoms. The number of hydrogen-bond donors (Lipinski definition) is 0. The van der Waals surface area contributed by atoms with E-state index < -0.39 is 47.2 Å². The van der Waals surface area contributed by atoms with E-state index in [4.69, 9.17) is 0 Å². The molecule has 158 valence electrons. The maximum absolute atomic E-state index is 14.9. The predicted octanol–water partition coefficient (Wildman–Crippen LogP) is 3.60. The van der Waals surface area contributed by atoms with Crippen LogP contribution in [0.25, 0.3) is 0 Å². The summed E-state index contributed by atoms with van der Waals surface area (Å²) in [5.74, 6) is 0. The zero-order chi connectivity index (χ0) is 21.2. The molecule has 28 heavy (non-hydrogen) atoms. The van der Waals surface area contributed by atoms with Crippen LogP contribution in [0, 0.1) is 0 Å². The van der Waals surface area contributed by atoms with Gasteiger partial charge in [-0.25, -0.2) is 8.42 Å². The van der Waals surface area contributed by atoms with Gasteiger partial charge >= 0.3 is 20.9 Å². The molecule has 0 aromatic heterocycles. The standard InChI is InChI=1S/C15H16F5NO5S2/c16-14(17,27(22,23)12-9-5-2-6-10-12)13(11-7-3-1-4-8-11)21-26-28(24,25)15(18,19)20/h1,3-4,7-8,12H,2,5-6,9-10H2. The van der Waals surface area contributed by atoms with E-state index in [0.717, 1.165) is 12.1 Å². The topological polar surface area (TPSA) is 89.9 Å². The van der Waals surface area contributed by atoms with Crippen molar-refractivity contribution in [1.82, 2.24) is 0 Å². The summed E-state index contributed by atoms with van der Waals surface area (Å²) < 4.78 is 118. The lowest BCUT2D eigenvalue weighted by Crippen LogP contribution is -2.45. The molecule has 2 rings (SSSR count). The minimum Gasteiger partial charge on any atom is -0.261 e. The van der Waals surface area contributed by atoms with Crippen molar-refractivity contribution in [3.63, 3.8) is 0 Å². The zero-order valence-corrected chi connectivity index (χ0v) is 15.8. The van der Waals surface area contributed by atoms with Gasteiger partial charge in [0.25, 0.3) is 0 Å². The second kappa shape index (κ2) is 7.93. The van der Waals surface area contributed by atoms with Crippen LogP contribution in [0.1, 0.15) is 37.7 Å². The quantitative estimate of drug-likeness (QED) is 0.287. The molecule has 0 N–H and O–H groups in total. The molecule has 0 heterocycles. The Hall–Kier alpha value is -1.76. The first-order valence-electron chi connectivity index (χ1n) is 8.06. The molecule has 1 saturated carbocycles. The van der Waals surface area contributed by atoms with Gasteiger partial charge in [0.05, 0.1) is 5.25 Å². The van der Waals surface area contributed by atoms with Crippen molar-refractivity contribution >= 4 is 25.7 Å². The molecule has 0 aliphatic heterocycles. The van der Waals surface area contributed by atoms with E-state index >= 15 is 0 Å². The Kier molecular flexibility index (Phi) is 6.38. The van der Waals surface area contributed by atoms with E-state index in [1.165, 1.54) is 18.2 Å². The first kappa shape index (κ1) is 22.5. The largest absolute Gasteiger partial charge is 0.536 e. The maximum atomic E-state index is 14.9. The molecule has 1 fully saturated rings. The third-order valence-corrected chi connectivity index (χ3v) is 7.28. The van der Waals surface area contributed by atoms with Crippen LogP contribution in [-0.2, 0) is 24.2 Å². The minimum atomic E-state index is -6.35. The Bertz CT molecular complexity index is 921. The van der Waals surface area contributed by atoms with Crippen LogP contribution in [0.2, 0.25) is 0 Å². The predicted molar refractivity (Wildman–Crippen MR) is 89.8 cm³/mol. The summed E-state index contributed by atoms with van der Waals surface area (Å²) in [4.78, 5) is 0. The minimum absolute atomic E-state index is 0.0400. The molecule has 1 aliphatic rings. The fourth-order valence-electron chi connectivity index (χ4n) is 2.72. The highest BCUT2D eigenvalue weighted by atomic mass is 32.2. The van der Waals surface area contributed by atoms with Crippen molar-refractivity contribution in [3.8, 4) is 0 Å². The number of oxime groups is 1. The molecule has 1 aromatic carbocycles. The fraction of sp³-hybridized carbons (Fsp3) is 0.533. The summed E-state index contributed by atoms with van der Waals surface area (Å²) in [6.07, 6.45) is 1.39. The van der Waals surface area contributed by atoms with E-state index in [2.05, 4.69) is 9.44 Å². The second-order valence-corrected chi connectivity index (χ2v) is 9.89. The van der Waals surface area contributed by atoms with Gasteiger partial charge in [-0.05, 0) is 12.8 Å². The van der Waals surface area contributed by atoms with Crippen molar-refractivity contribution < 1.29 is 43.1 Å². The Morgan fingerprint density at radius 2 is 1.46 bits per heavy atom.